The molecule has 10 heteroatoms. The predicted octanol–water partition coefficient (Wildman–Crippen LogP) is 2.92. The second-order valence-electron chi connectivity index (χ2n) is 4.64. The number of benzene rings is 2. The number of hydrogen-bond donors (Lipinski definition) is 1. The maximum Gasteiger partial charge on any atom is 0.295 e. The highest BCUT2D eigenvalue weighted by molar-refractivity contribution is 7.86. The molecule has 9 nitrogen and oxygen atoms in total. The van der Waals surface area contributed by atoms with Crippen molar-refractivity contribution in [2.75, 3.05) is 0 Å². The van der Waals surface area contributed by atoms with Crippen LogP contribution in [0.5, 0.6) is 0 Å². The number of hydrogen-bond acceptors (Lipinski definition) is 6. The molecule has 124 valence electrons. The topological polar surface area (TPSA) is 141 Å². The van der Waals surface area contributed by atoms with Crippen LogP contribution in [0.15, 0.2) is 47.4 Å². The molecule has 0 aliphatic rings. The zero-order chi connectivity index (χ0) is 17.9. The van der Waals surface area contributed by atoms with E-state index < -0.39 is 30.5 Å². The van der Waals surface area contributed by atoms with E-state index in [9.17, 15) is 33.2 Å². The van der Waals surface area contributed by atoms with Crippen LogP contribution in [0.4, 0.5) is 11.4 Å². The normalized spacial score (nSPS) is 11.5. The Balaban J connectivity index is 2.41. The van der Waals surface area contributed by atoms with Crippen molar-refractivity contribution < 1.29 is 22.8 Å². The quantitative estimate of drug-likeness (QED) is 0.378. The van der Waals surface area contributed by atoms with Gasteiger partial charge in [-0.3, -0.25) is 24.8 Å². The summed E-state index contributed by atoms with van der Waals surface area (Å²) in [6, 6.07) is 8.50. The summed E-state index contributed by atoms with van der Waals surface area (Å²) in [6.45, 7) is 0. The molecule has 0 radical (unpaired) electrons. The van der Waals surface area contributed by atoms with E-state index in [0.29, 0.717) is 5.56 Å². The molecule has 0 aliphatic heterocycles. The zero-order valence-electron chi connectivity index (χ0n) is 11.9. The van der Waals surface area contributed by atoms with Crippen LogP contribution in [-0.2, 0) is 10.1 Å². The summed E-state index contributed by atoms with van der Waals surface area (Å²) >= 11 is 0. The lowest BCUT2D eigenvalue weighted by atomic mass is 10.1. The molecule has 2 aromatic carbocycles. The maximum absolute atomic E-state index is 11.4. The minimum absolute atomic E-state index is 0.0430. The third-order valence-corrected chi connectivity index (χ3v) is 3.95. The van der Waals surface area contributed by atoms with Crippen LogP contribution < -0.4 is 0 Å². The van der Waals surface area contributed by atoms with Crippen LogP contribution in [0.2, 0.25) is 0 Å². The standard InChI is InChI=1S/C14H10N2O7S/c17-15(18)12-6-2-10(3-7-12)1-4-11-5-8-13(16(19)20)9-14(11)24(21,22)23/h1-9H,(H,21,22,23)/b4-1+. The minimum atomic E-state index is -4.66. The SMILES string of the molecule is O=[N+]([O-])c1ccc(/C=C/c2ccc([N+](=O)[O-])cc2S(=O)(=O)O)cc1. The zero-order valence-corrected chi connectivity index (χ0v) is 12.7. The van der Waals surface area contributed by atoms with Crippen molar-refractivity contribution >= 4 is 33.6 Å². The van der Waals surface area contributed by atoms with Crippen LogP contribution in [0, 0.1) is 20.2 Å². The van der Waals surface area contributed by atoms with E-state index in [1.165, 1.54) is 42.5 Å². The van der Waals surface area contributed by atoms with Gasteiger partial charge in [0.2, 0.25) is 0 Å². The van der Waals surface area contributed by atoms with Crippen LogP contribution >= 0.6 is 0 Å². The Hall–Kier alpha value is -3.11. The maximum atomic E-state index is 11.4. The number of nitro groups is 2. The van der Waals surface area contributed by atoms with Crippen LogP contribution in [-0.4, -0.2) is 22.8 Å². The van der Waals surface area contributed by atoms with Gasteiger partial charge in [0, 0.05) is 24.3 Å². The molecule has 0 spiro atoms. The molecule has 24 heavy (non-hydrogen) atoms. The summed E-state index contributed by atoms with van der Waals surface area (Å²) in [5.41, 5.74) is 0.0120. The van der Waals surface area contributed by atoms with Gasteiger partial charge in [0.05, 0.1) is 9.85 Å². The van der Waals surface area contributed by atoms with Crippen molar-refractivity contribution in [3.63, 3.8) is 0 Å². The van der Waals surface area contributed by atoms with E-state index in [1.807, 2.05) is 0 Å². The van der Waals surface area contributed by atoms with E-state index in [-0.39, 0.29) is 11.3 Å². The summed E-state index contributed by atoms with van der Waals surface area (Å²) < 4.78 is 32.0. The van der Waals surface area contributed by atoms with Crippen molar-refractivity contribution in [3.05, 3.63) is 73.8 Å². The second-order valence-corrected chi connectivity index (χ2v) is 6.03. The minimum Gasteiger partial charge on any atom is -0.282 e. The van der Waals surface area contributed by atoms with Crippen LogP contribution in [0.25, 0.3) is 12.2 Å². The van der Waals surface area contributed by atoms with Gasteiger partial charge in [-0.15, -0.1) is 0 Å². The molecule has 0 saturated carbocycles. The fourth-order valence-corrected chi connectivity index (χ4v) is 2.59. The van der Waals surface area contributed by atoms with Crippen molar-refractivity contribution in [2.45, 2.75) is 4.90 Å². The second kappa shape index (κ2) is 6.56. The highest BCUT2D eigenvalue weighted by Crippen LogP contribution is 2.24. The average Bonchev–Trinajstić information content (AvgIpc) is 2.52. The Morgan fingerprint density at radius 2 is 1.42 bits per heavy atom. The van der Waals surface area contributed by atoms with Gasteiger partial charge >= 0.3 is 0 Å². The average molecular weight is 350 g/mol. The highest BCUT2D eigenvalue weighted by atomic mass is 32.2. The molecule has 2 rings (SSSR count). The van der Waals surface area contributed by atoms with Gasteiger partial charge in [0.25, 0.3) is 21.5 Å². The lowest BCUT2D eigenvalue weighted by Crippen LogP contribution is -2.02. The van der Waals surface area contributed by atoms with Gasteiger partial charge < -0.3 is 0 Å². The number of nitro benzene ring substituents is 2. The Morgan fingerprint density at radius 1 is 0.875 bits per heavy atom. The van der Waals surface area contributed by atoms with Crippen molar-refractivity contribution in [3.8, 4) is 0 Å². The van der Waals surface area contributed by atoms with Crippen molar-refractivity contribution in [1.29, 1.82) is 0 Å². The molecule has 0 aliphatic carbocycles. The molecule has 0 aromatic heterocycles. The number of non-ortho nitro benzene ring substituents is 2. The number of nitrogens with zero attached hydrogens (tertiary/aromatic N) is 2. The van der Waals surface area contributed by atoms with Gasteiger partial charge in [-0.1, -0.05) is 12.2 Å². The Bertz CT molecular complexity index is 934. The Morgan fingerprint density at radius 3 is 1.92 bits per heavy atom. The van der Waals surface area contributed by atoms with Gasteiger partial charge in [0.1, 0.15) is 4.90 Å². The summed E-state index contributed by atoms with van der Waals surface area (Å²) in [4.78, 5) is 19.3. The molecule has 0 atom stereocenters. The first kappa shape index (κ1) is 17.2. The van der Waals surface area contributed by atoms with E-state index in [2.05, 4.69) is 0 Å². The number of rotatable bonds is 5. The fraction of sp³-hybridized carbons (Fsp3) is 0. The molecule has 0 fully saturated rings. The molecule has 0 heterocycles. The van der Waals surface area contributed by atoms with E-state index >= 15 is 0 Å². The first-order valence-electron chi connectivity index (χ1n) is 6.37. The van der Waals surface area contributed by atoms with E-state index in [4.69, 9.17) is 0 Å². The molecule has 0 amide bonds. The lowest BCUT2D eigenvalue weighted by molar-refractivity contribution is -0.385. The van der Waals surface area contributed by atoms with Crippen LogP contribution in [0.3, 0.4) is 0 Å². The van der Waals surface area contributed by atoms with E-state index in [0.717, 1.165) is 12.1 Å². The Labute approximate surface area is 135 Å². The molecular weight excluding hydrogens is 340 g/mol. The van der Waals surface area contributed by atoms with Crippen molar-refractivity contribution in [2.24, 2.45) is 0 Å². The Kier molecular flexibility index (Phi) is 4.71. The van der Waals surface area contributed by atoms with Gasteiger partial charge in [-0.25, -0.2) is 0 Å². The monoisotopic (exact) mass is 350 g/mol. The van der Waals surface area contributed by atoms with Gasteiger partial charge in [0.15, 0.2) is 0 Å². The largest absolute Gasteiger partial charge is 0.295 e. The van der Waals surface area contributed by atoms with E-state index in [1.54, 1.807) is 0 Å². The van der Waals surface area contributed by atoms with Crippen molar-refractivity contribution in [1.82, 2.24) is 0 Å². The summed E-state index contributed by atoms with van der Waals surface area (Å²) in [7, 11) is -4.66. The third kappa shape index (κ3) is 4.00. The summed E-state index contributed by atoms with van der Waals surface area (Å²) in [5.74, 6) is 0. The molecule has 0 bridgehead atoms. The first-order chi connectivity index (χ1) is 11.2. The third-order valence-electron chi connectivity index (χ3n) is 3.05. The summed E-state index contributed by atoms with van der Waals surface area (Å²) in [6.07, 6.45) is 2.79. The first-order valence-corrected chi connectivity index (χ1v) is 7.81. The lowest BCUT2D eigenvalue weighted by Gasteiger charge is -2.03. The van der Waals surface area contributed by atoms with Crippen LogP contribution in [0.1, 0.15) is 11.1 Å². The van der Waals surface area contributed by atoms with Gasteiger partial charge in [-0.2, -0.15) is 8.42 Å². The molecule has 1 N–H and O–H groups in total. The molecule has 0 saturated heterocycles. The highest BCUT2D eigenvalue weighted by Gasteiger charge is 2.18. The molecule has 0 unspecified atom stereocenters. The predicted molar refractivity (Wildman–Crippen MR) is 84.9 cm³/mol. The molecular formula is C14H10N2O7S. The summed E-state index contributed by atoms with van der Waals surface area (Å²) in [5, 5.41) is 21.3. The smallest absolute Gasteiger partial charge is 0.282 e. The van der Waals surface area contributed by atoms with Gasteiger partial charge in [-0.05, 0) is 29.3 Å². The molecule has 2 aromatic rings. The fourth-order valence-electron chi connectivity index (χ4n) is 1.89.